The fourth-order valence-electron chi connectivity index (χ4n) is 4.63. The van der Waals surface area contributed by atoms with Crippen molar-refractivity contribution in [3.8, 4) is 11.5 Å². The number of rotatable bonds is 6. The molecule has 1 atom stereocenters. The van der Waals surface area contributed by atoms with Gasteiger partial charge in [-0.2, -0.15) is 4.31 Å². The van der Waals surface area contributed by atoms with Gasteiger partial charge >= 0.3 is 0 Å². The van der Waals surface area contributed by atoms with Crippen molar-refractivity contribution < 1.29 is 22.6 Å². The highest BCUT2D eigenvalue weighted by Gasteiger charge is 2.30. The van der Waals surface area contributed by atoms with Gasteiger partial charge in [0.1, 0.15) is 13.2 Å². The Kier molecular flexibility index (Phi) is 6.57. The van der Waals surface area contributed by atoms with Crippen LogP contribution in [0.15, 0.2) is 52.2 Å². The molecule has 0 unspecified atom stereocenters. The summed E-state index contributed by atoms with van der Waals surface area (Å²) in [6.45, 7) is 7.89. The molecule has 0 spiro atoms. The van der Waals surface area contributed by atoms with Gasteiger partial charge in [-0.3, -0.25) is 4.79 Å². The Morgan fingerprint density at radius 1 is 1.00 bits per heavy atom. The summed E-state index contributed by atoms with van der Waals surface area (Å²) < 4.78 is 46.0. The van der Waals surface area contributed by atoms with E-state index in [0.717, 1.165) is 23.8 Å². The fraction of sp³-hybridized carbons (Fsp3) is 0.444. The largest absolute Gasteiger partial charge is 0.486 e. The molecule has 1 fully saturated rings. The van der Waals surface area contributed by atoms with Crippen molar-refractivity contribution in [3.05, 3.63) is 63.9 Å². The zero-order valence-corrected chi connectivity index (χ0v) is 21.7. The third kappa shape index (κ3) is 5.00. The van der Waals surface area contributed by atoms with Crippen LogP contribution in [0.3, 0.4) is 0 Å². The molecule has 1 saturated heterocycles. The second-order valence-electron chi connectivity index (χ2n) is 10.4. The zero-order valence-electron chi connectivity index (χ0n) is 20.9. The fourth-order valence-corrected chi connectivity index (χ4v) is 6.08. The summed E-state index contributed by atoms with van der Waals surface area (Å²) in [5.74, 6) is 1.19. The minimum Gasteiger partial charge on any atom is -0.486 e. The number of ether oxygens (including phenoxy) is 3. The van der Waals surface area contributed by atoms with Gasteiger partial charge in [0, 0.05) is 36.7 Å². The average molecular weight is 513 g/mol. The number of nitrogens with zero attached hydrogens (tertiary/aromatic N) is 1. The van der Waals surface area contributed by atoms with Crippen molar-refractivity contribution >= 4 is 20.9 Å². The number of nitrogens with one attached hydrogen (secondary N) is 1. The molecule has 2 aromatic carbocycles. The van der Waals surface area contributed by atoms with E-state index < -0.39 is 10.0 Å². The van der Waals surface area contributed by atoms with Crippen LogP contribution in [0.25, 0.3) is 10.9 Å². The van der Waals surface area contributed by atoms with Gasteiger partial charge in [0.2, 0.25) is 10.0 Å². The molecular weight excluding hydrogens is 480 g/mol. The highest BCUT2D eigenvalue weighted by Crippen LogP contribution is 2.34. The predicted molar refractivity (Wildman–Crippen MR) is 137 cm³/mol. The average Bonchev–Trinajstić information content (AvgIpc) is 3.35. The molecule has 2 aliphatic rings. The second-order valence-corrected chi connectivity index (χ2v) is 12.4. The Bertz CT molecular complexity index is 1420. The summed E-state index contributed by atoms with van der Waals surface area (Å²) in [5, 5.41) is 0.748. The maximum Gasteiger partial charge on any atom is 0.252 e. The molecule has 3 heterocycles. The molecule has 192 valence electrons. The van der Waals surface area contributed by atoms with E-state index in [2.05, 4.69) is 25.8 Å². The van der Waals surface area contributed by atoms with E-state index in [9.17, 15) is 13.2 Å². The van der Waals surface area contributed by atoms with E-state index in [4.69, 9.17) is 14.2 Å². The van der Waals surface area contributed by atoms with E-state index in [1.807, 2.05) is 18.2 Å². The molecule has 3 aromatic rings. The van der Waals surface area contributed by atoms with Gasteiger partial charge in [-0.05, 0) is 48.1 Å². The smallest absolute Gasteiger partial charge is 0.252 e. The number of hydrogen-bond donors (Lipinski definition) is 1. The first-order valence-electron chi connectivity index (χ1n) is 12.3. The normalized spacial score (nSPS) is 18.2. The predicted octanol–water partition coefficient (Wildman–Crippen LogP) is 3.97. The Labute approximate surface area is 211 Å². The van der Waals surface area contributed by atoms with E-state index in [-0.39, 0.29) is 35.1 Å². The monoisotopic (exact) mass is 512 g/mol. The SMILES string of the molecule is CC(C)(C)c1ccc(S(=O)(=O)N(Cc2cc3cc4c(cc3[nH]c2=O)OCCO4)C[C@@H]2CCCO2)cc1. The maximum atomic E-state index is 13.8. The minimum absolute atomic E-state index is 0.0665. The number of sulfonamides is 1. The van der Waals surface area contributed by atoms with Gasteiger partial charge in [0.15, 0.2) is 11.5 Å². The van der Waals surface area contributed by atoms with E-state index >= 15 is 0 Å². The lowest BCUT2D eigenvalue weighted by molar-refractivity contribution is 0.0925. The number of pyridine rings is 1. The Balaban J connectivity index is 1.50. The van der Waals surface area contributed by atoms with Crippen molar-refractivity contribution in [2.45, 2.75) is 56.6 Å². The Morgan fingerprint density at radius 2 is 1.69 bits per heavy atom. The number of fused-ring (bicyclic) bond motifs is 2. The van der Waals surface area contributed by atoms with Gasteiger partial charge in [-0.1, -0.05) is 32.9 Å². The van der Waals surface area contributed by atoms with Crippen molar-refractivity contribution in [3.63, 3.8) is 0 Å². The van der Waals surface area contributed by atoms with Crippen molar-refractivity contribution in [2.24, 2.45) is 0 Å². The molecular formula is C27H32N2O6S. The lowest BCUT2D eigenvalue weighted by Crippen LogP contribution is -2.38. The zero-order chi connectivity index (χ0) is 25.5. The van der Waals surface area contributed by atoms with Crippen LogP contribution in [0.4, 0.5) is 0 Å². The van der Waals surface area contributed by atoms with Crippen molar-refractivity contribution in [1.82, 2.24) is 9.29 Å². The molecule has 2 aliphatic heterocycles. The summed E-state index contributed by atoms with van der Waals surface area (Å²) in [4.78, 5) is 16.1. The molecule has 36 heavy (non-hydrogen) atoms. The first kappa shape index (κ1) is 24.8. The van der Waals surface area contributed by atoms with E-state index in [1.54, 1.807) is 24.3 Å². The molecule has 0 bridgehead atoms. The van der Waals surface area contributed by atoms with Gasteiger partial charge < -0.3 is 19.2 Å². The van der Waals surface area contributed by atoms with Crippen LogP contribution in [0.2, 0.25) is 0 Å². The van der Waals surface area contributed by atoms with Crippen LogP contribution in [0, 0.1) is 0 Å². The number of benzene rings is 2. The van der Waals surface area contributed by atoms with Crippen LogP contribution in [-0.2, 0) is 26.7 Å². The van der Waals surface area contributed by atoms with Gasteiger partial charge in [-0.15, -0.1) is 0 Å². The third-order valence-corrected chi connectivity index (χ3v) is 8.55. The quantitative estimate of drug-likeness (QED) is 0.537. The van der Waals surface area contributed by atoms with E-state index in [1.165, 1.54) is 4.31 Å². The van der Waals surface area contributed by atoms with Crippen LogP contribution in [0.1, 0.15) is 44.7 Å². The number of hydrogen-bond acceptors (Lipinski definition) is 6. The summed E-state index contributed by atoms with van der Waals surface area (Å²) >= 11 is 0. The molecule has 9 heteroatoms. The first-order chi connectivity index (χ1) is 17.1. The molecule has 0 amide bonds. The molecule has 1 aromatic heterocycles. The summed E-state index contributed by atoms with van der Waals surface area (Å²) in [5.41, 5.74) is 1.58. The number of H-pyrrole nitrogens is 1. The van der Waals surface area contributed by atoms with Crippen molar-refractivity contribution in [1.29, 1.82) is 0 Å². The van der Waals surface area contributed by atoms with Gasteiger partial charge in [0.05, 0.1) is 16.5 Å². The molecule has 0 saturated carbocycles. The van der Waals surface area contributed by atoms with Crippen LogP contribution in [-0.4, -0.2) is 50.2 Å². The highest BCUT2D eigenvalue weighted by atomic mass is 32.2. The molecule has 8 nitrogen and oxygen atoms in total. The number of aromatic nitrogens is 1. The van der Waals surface area contributed by atoms with Crippen LogP contribution in [0.5, 0.6) is 11.5 Å². The van der Waals surface area contributed by atoms with Crippen LogP contribution < -0.4 is 15.0 Å². The second kappa shape index (κ2) is 9.53. The lowest BCUT2D eigenvalue weighted by atomic mass is 9.87. The molecule has 5 rings (SSSR count). The van der Waals surface area contributed by atoms with E-state index in [0.29, 0.717) is 42.4 Å². The topological polar surface area (TPSA) is 97.9 Å². The molecule has 1 N–H and O–H groups in total. The standard InChI is InChI=1S/C27H32N2O6S/c1-27(2,3)20-6-8-22(9-7-20)36(31,32)29(17-21-5-4-10-33-21)16-19-13-18-14-24-25(35-12-11-34-24)15-23(18)28-26(19)30/h6-9,13-15,21H,4-5,10-12,16-17H2,1-3H3,(H,28,30)/t21-/m0/s1. The maximum absolute atomic E-state index is 13.8. The Hall–Kier alpha value is -2.88. The Morgan fingerprint density at radius 3 is 2.33 bits per heavy atom. The first-order valence-corrected chi connectivity index (χ1v) is 13.7. The van der Waals surface area contributed by atoms with Crippen molar-refractivity contribution in [2.75, 3.05) is 26.4 Å². The highest BCUT2D eigenvalue weighted by molar-refractivity contribution is 7.89. The molecule has 0 radical (unpaired) electrons. The summed E-state index contributed by atoms with van der Waals surface area (Å²) in [6, 6.07) is 12.3. The van der Waals surface area contributed by atoms with Gasteiger partial charge in [0.25, 0.3) is 5.56 Å². The third-order valence-electron chi connectivity index (χ3n) is 6.72. The number of aromatic amines is 1. The molecule has 0 aliphatic carbocycles. The summed E-state index contributed by atoms with van der Waals surface area (Å²) in [6.07, 6.45) is 1.47. The minimum atomic E-state index is -3.88. The summed E-state index contributed by atoms with van der Waals surface area (Å²) in [7, 11) is -3.88. The van der Waals surface area contributed by atoms with Crippen LogP contribution >= 0.6 is 0 Å². The lowest BCUT2D eigenvalue weighted by Gasteiger charge is -2.25. The van der Waals surface area contributed by atoms with Gasteiger partial charge in [-0.25, -0.2) is 8.42 Å².